The first-order valence-electron chi connectivity index (χ1n) is 9.37. The molecule has 0 bridgehead atoms. The molecular formula is C20H21N5OS2. The van der Waals surface area contributed by atoms with Gasteiger partial charge in [-0.25, -0.2) is 9.50 Å². The highest BCUT2D eigenvalue weighted by Crippen LogP contribution is 2.28. The van der Waals surface area contributed by atoms with Crippen molar-refractivity contribution < 1.29 is 4.74 Å². The van der Waals surface area contributed by atoms with E-state index < -0.39 is 0 Å². The predicted molar refractivity (Wildman–Crippen MR) is 114 cm³/mol. The van der Waals surface area contributed by atoms with E-state index in [1.165, 1.54) is 4.88 Å². The largest absolute Gasteiger partial charge is 0.379 e. The molecule has 5 rings (SSSR count). The summed E-state index contributed by atoms with van der Waals surface area (Å²) in [7, 11) is 0. The third-order valence-electron chi connectivity index (χ3n) is 4.92. The lowest BCUT2D eigenvalue weighted by atomic mass is 10.2. The number of nitrogens with one attached hydrogen (secondary N) is 1. The fraction of sp³-hybridized carbons (Fsp3) is 0.300. The highest BCUT2D eigenvalue weighted by atomic mass is 32.1. The third kappa shape index (κ3) is 3.68. The quantitative estimate of drug-likeness (QED) is 0.520. The molecule has 4 aromatic rings. The van der Waals surface area contributed by atoms with Crippen molar-refractivity contribution >= 4 is 32.8 Å². The lowest BCUT2D eigenvalue weighted by molar-refractivity contribution is 0.0194. The van der Waals surface area contributed by atoms with Gasteiger partial charge in [0.1, 0.15) is 0 Å². The van der Waals surface area contributed by atoms with Gasteiger partial charge in [-0.1, -0.05) is 47.7 Å². The zero-order chi connectivity index (χ0) is 18.8. The van der Waals surface area contributed by atoms with Gasteiger partial charge in [0.15, 0.2) is 0 Å². The number of benzene rings is 1. The van der Waals surface area contributed by atoms with Gasteiger partial charge >= 0.3 is 0 Å². The van der Waals surface area contributed by atoms with Crippen molar-refractivity contribution in [2.75, 3.05) is 38.2 Å². The minimum absolute atomic E-state index is 0.333. The van der Waals surface area contributed by atoms with Gasteiger partial charge in [0.05, 0.1) is 31.1 Å². The lowest BCUT2D eigenvalue weighted by Crippen LogP contribution is -2.41. The Kier molecular flexibility index (Phi) is 5.09. The van der Waals surface area contributed by atoms with Crippen LogP contribution in [0.2, 0.25) is 0 Å². The number of fused-ring (bicyclic) bond motifs is 1. The van der Waals surface area contributed by atoms with Crippen LogP contribution in [-0.4, -0.2) is 52.3 Å². The van der Waals surface area contributed by atoms with Crippen molar-refractivity contribution in [3.05, 3.63) is 58.9 Å². The molecule has 6 nitrogen and oxygen atoms in total. The summed E-state index contributed by atoms with van der Waals surface area (Å²) in [6.45, 7) is 4.35. The average molecular weight is 412 g/mol. The van der Waals surface area contributed by atoms with E-state index in [1.54, 1.807) is 11.3 Å². The predicted octanol–water partition coefficient (Wildman–Crippen LogP) is 4.00. The maximum Gasteiger partial charge on any atom is 0.214 e. The van der Waals surface area contributed by atoms with Gasteiger partial charge in [0.25, 0.3) is 0 Å². The number of thiophene rings is 1. The minimum atomic E-state index is 0.333. The molecule has 0 radical (unpaired) electrons. The molecule has 1 saturated heterocycles. The summed E-state index contributed by atoms with van der Waals surface area (Å²) in [5.74, 6) is 0. The molecule has 28 heavy (non-hydrogen) atoms. The molecule has 8 heteroatoms. The molecule has 1 aromatic carbocycles. The summed E-state index contributed by atoms with van der Waals surface area (Å²) >= 11 is 3.40. The van der Waals surface area contributed by atoms with Crippen LogP contribution in [0.3, 0.4) is 0 Å². The Morgan fingerprint density at radius 3 is 2.71 bits per heavy atom. The van der Waals surface area contributed by atoms with Crippen LogP contribution < -0.4 is 5.32 Å². The lowest BCUT2D eigenvalue weighted by Gasteiger charge is -2.34. The van der Waals surface area contributed by atoms with E-state index in [9.17, 15) is 0 Å². The van der Waals surface area contributed by atoms with Gasteiger partial charge in [-0.2, -0.15) is 0 Å². The summed E-state index contributed by atoms with van der Waals surface area (Å²) in [6.07, 6.45) is 1.99. The van der Waals surface area contributed by atoms with E-state index in [0.29, 0.717) is 6.04 Å². The van der Waals surface area contributed by atoms with Crippen molar-refractivity contribution in [1.29, 1.82) is 0 Å². The molecule has 3 aromatic heterocycles. The number of hydrogen-bond acceptors (Lipinski definition) is 7. The van der Waals surface area contributed by atoms with Crippen LogP contribution in [0.1, 0.15) is 10.9 Å². The summed E-state index contributed by atoms with van der Waals surface area (Å²) in [6, 6.07) is 14.9. The maximum atomic E-state index is 5.53. The molecule has 4 heterocycles. The number of anilines is 1. The molecule has 1 atom stereocenters. The smallest absolute Gasteiger partial charge is 0.214 e. The number of hydrogen-bond donors (Lipinski definition) is 1. The number of rotatable bonds is 6. The van der Waals surface area contributed by atoms with Gasteiger partial charge in [-0.3, -0.25) is 4.90 Å². The fourth-order valence-electron chi connectivity index (χ4n) is 3.48. The summed E-state index contributed by atoms with van der Waals surface area (Å²) < 4.78 is 7.39. The number of aromatic nitrogens is 3. The Labute approximate surface area is 171 Å². The third-order valence-corrected chi connectivity index (χ3v) is 6.77. The summed E-state index contributed by atoms with van der Waals surface area (Å²) in [4.78, 5) is 9.50. The second-order valence-corrected chi connectivity index (χ2v) is 8.62. The molecular weight excluding hydrogens is 390 g/mol. The Hall–Kier alpha value is -2.26. The number of nitrogens with zero attached hydrogens (tertiary/aromatic N) is 4. The molecule has 0 amide bonds. The molecule has 0 saturated carbocycles. The molecule has 1 N–H and O–H groups in total. The maximum absolute atomic E-state index is 5.53. The van der Waals surface area contributed by atoms with Crippen LogP contribution in [0.25, 0.3) is 16.2 Å². The van der Waals surface area contributed by atoms with Gasteiger partial charge < -0.3 is 10.1 Å². The molecule has 1 aliphatic heterocycles. The van der Waals surface area contributed by atoms with Gasteiger partial charge in [-0.15, -0.1) is 16.4 Å². The molecule has 1 aliphatic rings. The van der Waals surface area contributed by atoms with E-state index in [2.05, 4.69) is 45.0 Å². The van der Waals surface area contributed by atoms with Gasteiger partial charge in [0, 0.05) is 30.1 Å². The van der Waals surface area contributed by atoms with E-state index in [1.807, 2.05) is 40.2 Å². The highest BCUT2D eigenvalue weighted by molar-refractivity contribution is 7.20. The molecule has 144 valence electrons. The normalized spacial score (nSPS) is 16.4. The zero-order valence-electron chi connectivity index (χ0n) is 15.3. The number of ether oxygens (including phenoxy) is 1. The van der Waals surface area contributed by atoms with E-state index >= 15 is 0 Å². The zero-order valence-corrected chi connectivity index (χ0v) is 17.0. The number of imidazole rings is 1. The summed E-state index contributed by atoms with van der Waals surface area (Å²) in [5, 5.41) is 11.3. The number of morpholine rings is 1. The Balaban J connectivity index is 1.32. The van der Waals surface area contributed by atoms with Crippen LogP contribution in [0.5, 0.6) is 0 Å². The van der Waals surface area contributed by atoms with Crippen LogP contribution in [0.15, 0.2) is 54.0 Å². The Bertz CT molecular complexity index is 990. The second kappa shape index (κ2) is 8.00. The van der Waals surface area contributed by atoms with Crippen molar-refractivity contribution in [2.24, 2.45) is 0 Å². The molecule has 1 fully saturated rings. The molecule has 0 unspecified atom stereocenters. The SMILES string of the molecule is c1ccc(-c2cn3nc(NC[C@H](c4cccs4)N4CCOCC4)sc3n2)cc1. The first-order chi connectivity index (χ1) is 13.9. The fourth-order valence-corrected chi connectivity index (χ4v) is 5.13. The monoisotopic (exact) mass is 411 g/mol. The van der Waals surface area contributed by atoms with Crippen molar-refractivity contribution in [2.45, 2.75) is 6.04 Å². The van der Waals surface area contributed by atoms with Gasteiger partial charge in [0.2, 0.25) is 10.1 Å². The van der Waals surface area contributed by atoms with Crippen LogP contribution in [0.4, 0.5) is 5.13 Å². The van der Waals surface area contributed by atoms with Crippen molar-refractivity contribution in [1.82, 2.24) is 19.5 Å². The second-order valence-electron chi connectivity index (χ2n) is 6.69. The summed E-state index contributed by atoms with van der Waals surface area (Å²) in [5.41, 5.74) is 2.07. The Morgan fingerprint density at radius 2 is 1.96 bits per heavy atom. The van der Waals surface area contributed by atoms with E-state index in [4.69, 9.17) is 9.72 Å². The van der Waals surface area contributed by atoms with Crippen molar-refractivity contribution in [3.8, 4) is 11.3 Å². The van der Waals surface area contributed by atoms with Crippen LogP contribution >= 0.6 is 22.7 Å². The van der Waals surface area contributed by atoms with E-state index in [-0.39, 0.29) is 0 Å². The minimum Gasteiger partial charge on any atom is -0.379 e. The average Bonchev–Trinajstić information content (AvgIpc) is 3.46. The van der Waals surface area contributed by atoms with Crippen molar-refractivity contribution in [3.63, 3.8) is 0 Å². The Morgan fingerprint density at radius 1 is 1.11 bits per heavy atom. The van der Waals surface area contributed by atoms with Crippen LogP contribution in [-0.2, 0) is 4.74 Å². The standard InChI is InChI=1S/C20H21N5OS2/c1-2-5-15(6-3-1)16-14-25-20(22-16)28-19(23-25)21-13-17(18-7-4-12-27-18)24-8-10-26-11-9-24/h1-7,12,14,17H,8-11,13H2,(H,21,23)/t17-/m1/s1. The highest BCUT2D eigenvalue weighted by Gasteiger charge is 2.23. The first kappa shape index (κ1) is 17.8. The topological polar surface area (TPSA) is 54.7 Å². The van der Waals surface area contributed by atoms with Gasteiger partial charge in [-0.05, 0) is 11.4 Å². The first-order valence-corrected chi connectivity index (χ1v) is 11.1. The molecule has 0 aliphatic carbocycles. The van der Waals surface area contributed by atoms with E-state index in [0.717, 1.165) is 54.2 Å². The van der Waals surface area contributed by atoms with Crippen LogP contribution in [0, 0.1) is 0 Å². The molecule has 0 spiro atoms.